The number of nitrogens with one attached hydrogen (secondary N) is 2. The zero-order valence-electron chi connectivity index (χ0n) is 24.4. The minimum atomic E-state index is -2.81. The fourth-order valence-electron chi connectivity index (χ4n) is 6.32. The number of fused-ring (bicyclic) bond motifs is 3. The summed E-state index contributed by atoms with van der Waals surface area (Å²) in [5.74, 6) is -9.69. The molecule has 228 valence electrons. The first-order chi connectivity index (χ1) is 19.4. The van der Waals surface area contributed by atoms with Gasteiger partial charge in [0.2, 0.25) is 11.7 Å². The van der Waals surface area contributed by atoms with Gasteiger partial charge in [0.25, 0.3) is 5.91 Å². The van der Waals surface area contributed by atoms with E-state index in [1.54, 1.807) is 27.8 Å². The SMILES string of the molecule is CNCCc1c(F)c2c(c(O)c1NC(=O)C(C)(C)C)C(=O)C1=C(O)[C@]3(O)C(=O)C(C(N)=O)=C(O)[C@@H](N(C)C)[C@@H]3C[C@@H]1C2. The molecule has 1 aromatic carbocycles. The van der Waals surface area contributed by atoms with Crippen molar-refractivity contribution in [3.63, 3.8) is 0 Å². The number of hydrogen-bond acceptors (Lipinski definition) is 10. The van der Waals surface area contributed by atoms with Crippen LogP contribution in [0.3, 0.4) is 0 Å². The number of aromatic hydroxyl groups is 1. The van der Waals surface area contributed by atoms with E-state index in [1.807, 2.05) is 0 Å². The minimum Gasteiger partial charge on any atom is -0.510 e. The second-order valence-electron chi connectivity index (χ2n) is 12.4. The number of ketones is 2. The summed E-state index contributed by atoms with van der Waals surface area (Å²) >= 11 is 0. The van der Waals surface area contributed by atoms with E-state index in [4.69, 9.17) is 5.73 Å². The Morgan fingerprint density at radius 3 is 2.31 bits per heavy atom. The van der Waals surface area contributed by atoms with E-state index < -0.39 is 92.1 Å². The summed E-state index contributed by atoms with van der Waals surface area (Å²) in [7, 11) is 4.69. The number of phenolic OH excluding ortho intramolecular Hbond substituents is 1. The number of Topliss-reactive ketones (excluding diaryl/α,β-unsaturated/α-hetero) is 2. The van der Waals surface area contributed by atoms with Gasteiger partial charge in [-0.05, 0) is 52.9 Å². The Balaban J connectivity index is 1.96. The van der Waals surface area contributed by atoms with Crippen molar-refractivity contribution in [3.8, 4) is 5.75 Å². The molecule has 0 heterocycles. The number of anilines is 1. The summed E-state index contributed by atoms with van der Waals surface area (Å²) in [6.45, 7) is 5.14. The number of primary amides is 1. The second-order valence-corrected chi connectivity index (χ2v) is 12.4. The monoisotopic (exact) mass is 588 g/mol. The van der Waals surface area contributed by atoms with Crippen LogP contribution in [0.5, 0.6) is 5.75 Å². The van der Waals surface area contributed by atoms with E-state index in [-0.39, 0.29) is 42.6 Å². The number of nitrogens with two attached hydrogens (primary N) is 1. The largest absolute Gasteiger partial charge is 0.510 e. The molecule has 0 saturated heterocycles. The van der Waals surface area contributed by atoms with Gasteiger partial charge in [-0.1, -0.05) is 20.8 Å². The van der Waals surface area contributed by atoms with Gasteiger partial charge < -0.3 is 36.8 Å². The molecule has 1 aromatic rings. The standard InChI is InChI=1S/C29H37FN4O8/c1-28(2,3)27(41)33-19-12(7-8-32-4)18(30)13-9-11-10-14-20(34(5)6)23(37)17(26(31)40)25(39)29(14,42)24(38)15(11)21(35)16(13)22(19)36/h11,14,20,32,36-38,42H,7-10H2,1-6H3,(H2,31,40)(H,33,41)/t11-,14-,20-,29-/m0/s1. The van der Waals surface area contributed by atoms with Crippen molar-refractivity contribution in [2.45, 2.75) is 51.7 Å². The Labute approximate surface area is 242 Å². The molecule has 3 aliphatic carbocycles. The number of rotatable bonds is 6. The van der Waals surface area contributed by atoms with E-state index in [1.165, 1.54) is 19.0 Å². The maximum Gasteiger partial charge on any atom is 0.255 e. The van der Waals surface area contributed by atoms with Crippen LogP contribution in [-0.4, -0.2) is 88.0 Å². The molecule has 8 N–H and O–H groups in total. The molecule has 0 radical (unpaired) electrons. The Bertz CT molecular complexity index is 1470. The van der Waals surface area contributed by atoms with Crippen LogP contribution in [0.2, 0.25) is 0 Å². The number of halogens is 1. The summed E-state index contributed by atoms with van der Waals surface area (Å²) < 4.78 is 16.2. The topological polar surface area (TPSA) is 203 Å². The molecule has 0 aromatic heterocycles. The molecule has 0 bridgehead atoms. The predicted octanol–water partition coefficient (Wildman–Crippen LogP) is 1.01. The summed E-state index contributed by atoms with van der Waals surface area (Å²) in [4.78, 5) is 53.8. The van der Waals surface area contributed by atoms with Gasteiger partial charge in [-0.25, -0.2) is 4.39 Å². The quantitative estimate of drug-likeness (QED) is 0.186. The summed E-state index contributed by atoms with van der Waals surface area (Å²) in [6.07, 6.45) is -0.307. The third-order valence-corrected chi connectivity index (χ3v) is 8.47. The van der Waals surface area contributed by atoms with Crippen LogP contribution in [-0.2, 0) is 27.2 Å². The lowest BCUT2D eigenvalue weighted by Crippen LogP contribution is -2.63. The van der Waals surface area contributed by atoms with Gasteiger partial charge in [-0.3, -0.25) is 24.1 Å². The Hall–Kier alpha value is -3.81. The summed E-state index contributed by atoms with van der Waals surface area (Å²) in [5, 5.41) is 50.8. The minimum absolute atomic E-state index is 0.0133. The first kappa shape index (κ1) is 31.1. The van der Waals surface area contributed by atoms with Crippen LogP contribution >= 0.6 is 0 Å². The number of carbonyl (C=O) groups is 4. The molecule has 0 saturated carbocycles. The molecule has 42 heavy (non-hydrogen) atoms. The van der Waals surface area contributed by atoms with E-state index in [2.05, 4.69) is 10.6 Å². The molecule has 0 aliphatic heterocycles. The van der Waals surface area contributed by atoms with Crippen molar-refractivity contribution in [2.75, 3.05) is 33.0 Å². The lowest BCUT2D eigenvalue weighted by molar-refractivity contribution is -0.148. The fourth-order valence-corrected chi connectivity index (χ4v) is 6.32. The Morgan fingerprint density at radius 1 is 1.17 bits per heavy atom. The van der Waals surface area contributed by atoms with E-state index >= 15 is 4.39 Å². The van der Waals surface area contributed by atoms with Crippen molar-refractivity contribution >= 4 is 29.1 Å². The zero-order chi connectivity index (χ0) is 31.6. The molecule has 12 nitrogen and oxygen atoms in total. The van der Waals surface area contributed by atoms with Crippen molar-refractivity contribution in [2.24, 2.45) is 23.0 Å². The molecule has 3 aliphatic rings. The van der Waals surface area contributed by atoms with Crippen molar-refractivity contribution < 1.29 is 44.0 Å². The number of hydrogen-bond donors (Lipinski definition) is 7. The molecule has 13 heteroatoms. The van der Waals surface area contributed by atoms with Gasteiger partial charge in [-0.2, -0.15) is 0 Å². The number of likely N-dealkylation sites (N-methyl/N-ethyl adjacent to an activating group) is 2. The highest BCUT2D eigenvalue weighted by molar-refractivity contribution is 6.25. The number of benzene rings is 1. The van der Waals surface area contributed by atoms with Crippen LogP contribution in [0.25, 0.3) is 0 Å². The van der Waals surface area contributed by atoms with E-state index in [9.17, 15) is 39.6 Å². The molecule has 4 rings (SSSR count). The maximum absolute atomic E-state index is 16.2. The molecule has 2 amide bonds. The molecule has 0 spiro atoms. The smallest absolute Gasteiger partial charge is 0.255 e. The number of amides is 2. The summed E-state index contributed by atoms with van der Waals surface area (Å²) in [6, 6.07) is -1.16. The Morgan fingerprint density at radius 2 is 1.79 bits per heavy atom. The Kier molecular flexibility index (Phi) is 7.76. The number of allylic oxidation sites excluding steroid dienone is 1. The highest BCUT2D eigenvalue weighted by Gasteiger charge is 2.63. The molecule has 0 unspecified atom stereocenters. The van der Waals surface area contributed by atoms with Crippen LogP contribution in [0.4, 0.5) is 10.1 Å². The second kappa shape index (κ2) is 10.5. The van der Waals surface area contributed by atoms with Crippen molar-refractivity contribution in [3.05, 3.63) is 45.2 Å². The first-order valence-corrected chi connectivity index (χ1v) is 13.6. The number of phenols is 1. The van der Waals surface area contributed by atoms with Crippen LogP contribution < -0.4 is 16.4 Å². The van der Waals surface area contributed by atoms with Gasteiger partial charge in [0.1, 0.15) is 22.9 Å². The molecule has 4 atom stereocenters. The highest BCUT2D eigenvalue weighted by atomic mass is 19.1. The summed E-state index contributed by atoms with van der Waals surface area (Å²) in [5.41, 5.74) is -0.673. The van der Waals surface area contributed by atoms with Crippen molar-refractivity contribution in [1.29, 1.82) is 0 Å². The lowest BCUT2D eigenvalue weighted by atomic mass is 9.58. The molecule has 0 fully saturated rings. The number of carbonyl (C=O) groups excluding carboxylic acids is 4. The highest BCUT2D eigenvalue weighted by Crippen LogP contribution is 2.53. The number of aliphatic hydroxyl groups is 3. The van der Waals surface area contributed by atoms with E-state index in [0.29, 0.717) is 0 Å². The van der Waals surface area contributed by atoms with Gasteiger partial charge in [-0.15, -0.1) is 0 Å². The van der Waals surface area contributed by atoms with Gasteiger partial charge >= 0.3 is 0 Å². The van der Waals surface area contributed by atoms with Crippen molar-refractivity contribution in [1.82, 2.24) is 10.2 Å². The van der Waals surface area contributed by atoms with Crippen LogP contribution in [0, 0.1) is 23.1 Å². The number of nitrogens with zero attached hydrogens (tertiary/aromatic N) is 1. The molecular formula is C29H37FN4O8. The fraction of sp³-hybridized carbons (Fsp3) is 0.517. The zero-order valence-corrected chi connectivity index (χ0v) is 24.4. The maximum atomic E-state index is 16.2. The van der Waals surface area contributed by atoms with Gasteiger partial charge in [0, 0.05) is 28.0 Å². The third-order valence-electron chi connectivity index (χ3n) is 8.47. The first-order valence-electron chi connectivity index (χ1n) is 13.6. The van der Waals surface area contributed by atoms with E-state index in [0.717, 1.165) is 0 Å². The average Bonchev–Trinajstić information content (AvgIpc) is 2.87. The normalized spacial score (nSPS) is 25.8. The lowest BCUT2D eigenvalue weighted by Gasteiger charge is -2.50. The predicted molar refractivity (Wildman–Crippen MR) is 149 cm³/mol. The third kappa shape index (κ3) is 4.46. The molecular weight excluding hydrogens is 551 g/mol. The van der Waals surface area contributed by atoms with Crippen LogP contribution in [0.15, 0.2) is 22.7 Å². The average molecular weight is 589 g/mol. The van der Waals surface area contributed by atoms with Crippen LogP contribution in [0.1, 0.15) is 48.7 Å². The van der Waals surface area contributed by atoms with Gasteiger partial charge in [0.15, 0.2) is 17.1 Å². The van der Waals surface area contributed by atoms with Gasteiger partial charge in [0.05, 0.1) is 17.3 Å². The number of aliphatic hydroxyl groups excluding tert-OH is 2.